The molecule has 0 N–H and O–H groups in total. The van der Waals surface area contributed by atoms with E-state index in [1.165, 1.54) is 6.42 Å². The van der Waals surface area contributed by atoms with E-state index in [0.29, 0.717) is 23.0 Å². The molecule has 106 valence electrons. The third-order valence-electron chi connectivity index (χ3n) is 4.29. The summed E-state index contributed by atoms with van der Waals surface area (Å²) in [4.78, 5) is 11.5. The smallest absolute Gasteiger partial charge is 0.137 e. The second kappa shape index (κ2) is 5.66. The maximum atomic E-state index is 6.26. The van der Waals surface area contributed by atoms with Crippen LogP contribution in [0.1, 0.15) is 45.5 Å². The van der Waals surface area contributed by atoms with Crippen molar-refractivity contribution in [3.63, 3.8) is 0 Å². The molecule has 1 saturated heterocycles. The molecule has 3 atom stereocenters. The number of nitrogens with zero attached hydrogens (tertiary/aromatic N) is 3. The van der Waals surface area contributed by atoms with Gasteiger partial charge in [0.15, 0.2) is 0 Å². The van der Waals surface area contributed by atoms with Crippen LogP contribution in [-0.4, -0.2) is 22.6 Å². The van der Waals surface area contributed by atoms with Gasteiger partial charge in [-0.15, -0.1) is 0 Å². The lowest BCUT2D eigenvalue weighted by molar-refractivity contribution is 0.295. The summed E-state index contributed by atoms with van der Waals surface area (Å²) >= 11 is 6.26. The molecule has 0 aromatic carbocycles. The molecule has 1 aromatic rings. The van der Waals surface area contributed by atoms with Crippen LogP contribution < -0.4 is 4.90 Å². The van der Waals surface area contributed by atoms with Crippen molar-refractivity contribution in [1.29, 1.82) is 0 Å². The highest BCUT2D eigenvalue weighted by molar-refractivity contribution is 6.30. The van der Waals surface area contributed by atoms with Crippen molar-refractivity contribution >= 4 is 17.4 Å². The molecule has 4 heteroatoms. The van der Waals surface area contributed by atoms with Crippen molar-refractivity contribution in [3.05, 3.63) is 16.5 Å². The largest absolute Gasteiger partial charge is 0.353 e. The van der Waals surface area contributed by atoms with Gasteiger partial charge in [-0.25, -0.2) is 9.97 Å². The van der Waals surface area contributed by atoms with Gasteiger partial charge in [-0.1, -0.05) is 32.4 Å². The van der Waals surface area contributed by atoms with Gasteiger partial charge in [-0.05, 0) is 32.1 Å². The lowest BCUT2D eigenvalue weighted by Crippen LogP contribution is -2.46. The van der Waals surface area contributed by atoms with Crippen molar-refractivity contribution in [1.82, 2.24) is 9.97 Å². The number of rotatable bonds is 2. The number of piperidine rings is 1. The third-order valence-corrected chi connectivity index (χ3v) is 4.66. The van der Waals surface area contributed by atoms with Crippen molar-refractivity contribution in [2.24, 2.45) is 11.8 Å². The molecule has 0 spiro atoms. The van der Waals surface area contributed by atoms with E-state index >= 15 is 0 Å². The first-order valence-electron chi connectivity index (χ1n) is 7.23. The van der Waals surface area contributed by atoms with E-state index in [-0.39, 0.29) is 0 Å². The first-order chi connectivity index (χ1) is 8.93. The van der Waals surface area contributed by atoms with E-state index in [1.807, 2.05) is 6.92 Å². The number of aryl methyl sites for hydroxylation is 1. The Bertz CT molecular complexity index is 461. The first-order valence-corrected chi connectivity index (χ1v) is 7.61. The molecule has 0 radical (unpaired) electrons. The molecular weight excluding hydrogens is 258 g/mol. The molecule has 2 heterocycles. The van der Waals surface area contributed by atoms with Crippen molar-refractivity contribution in [2.45, 2.75) is 53.5 Å². The van der Waals surface area contributed by atoms with E-state index in [0.717, 1.165) is 30.2 Å². The Labute approximate surface area is 121 Å². The Balaban J connectivity index is 2.42. The van der Waals surface area contributed by atoms with Crippen LogP contribution in [0.15, 0.2) is 0 Å². The lowest BCUT2D eigenvalue weighted by atomic mass is 9.86. The molecule has 0 saturated carbocycles. The maximum absolute atomic E-state index is 6.26. The highest BCUT2D eigenvalue weighted by Crippen LogP contribution is 2.33. The summed E-state index contributed by atoms with van der Waals surface area (Å²) in [6, 6.07) is 0.505. The summed E-state index contributed by atoms with van der Waals surface area (Å²) in [5.41, 5.74) is 1.01. The number of hydrogen-bond donors (Lipinski definition) is 0. The highest BCUT2D eigenvalue weighted by Gasteiger charge is 2.31. The molecule has 0 aliphatic carbocycles. The monoisotopic (exact) mass is 281 g/mol. The van der Waals surface area contributed by atoms with E-state index in [1.54, 1.807) is 0 Å². The van der Waals surface area contributed by atoms with Crippen LogP contribution in [0.4, 0.5) is 5.82 Å². The minimum atomic E-state index is 0.505. The fourth-order valence-electron chi connectivity index (χ4n) is 2.95. The summed E-state index contributed by atoms with van der Waals surface area (Å²) in [6.07, 6.45) is 2.11. The van der Waals surface area contributed by atoms with Crippen LogP contribution in [-0.2, 0) is 6.42 Å². The molecule has 2 rings (SSSR count). The normalized spacial score (nSPS) is 27.7. The van der Waals surface area contributed by atoms with Gasteiger partial charge in [0.2, 0.25) is 0 Å². The minimum absolute atomic E-state index is 0.505. The Morgan fingerprint density at radius 3 is 2.58 bits per heavy atom. The topological polar surface area (TPSA) is 29.0 Å². The molecule has 0 amide bonds. The van der Waals surface area contributed by atoms with E-state index in [9.17, 15) is 0 Å². The predicted octanol–water partition coefficient (Wildman–Crippen LogP) is 3.87. The Kier molecular flexibility index (Phi) is 4.34. The molecule has 1 aliphatic rings. The van der Waals surface area contributed by atoms with Gasteiger partial charge in [0, 0.05) is 24.6 Å². The first kappa shape index (κ1) is 14.6. The standard InChI is InChI=1S/C15H24ClN3/c1-6-13-17-14(16)11(4)15(18-13)19-8-9(2)7-10(3)12(19)5/h9-10,12H,6-8H2,1-5H3. The van der Waals surface area contributed by atoms with Gasteiger partial charge in [-0.2, -0.15) is 0 Å². The maximum Gasteiger partial charge on any atom is 0.137 e. The minimum Gasteiger partial charge on any atom is -0.353 e. The van der Waals surface area contributed by atoms with E-state index in [4.69, 9.17) is 16.6 Å². The lowest BCUT2D eigenvalue weighted by Gasteiger charge is -2.42. The predicted molar refractivity (Wildman–Crippen MR) is 80.9 cm³/mol. The van der Waals surface area contributed by atoms with Crippen LogP contribution in [0.5, 0.6) is 0 Å². The second-order valence-electron chi connectivity index (χ2n) is 5.94. The quantitative estimate of drug-likeness (QED) is 0.771. The fourth-order valence-corrected chi connectivity index (χ4v) is 3.14. The van der Waals surface area contributed by atoms with Crippen molar-refractivity contribution in [2.75, 3.05) is 11.4 Å². The average Bonchev–Trinajstić information content (AvgIpc) is 2.37. The van der Waals surface area contributed by atoms with Crippen LogP contribution in [0.2, 0.25) is 5.15 Å². The summed E-state index contributed by atoms with van der Waals surface area (Å²) < 4.78 is 0. The zero-order valence-electron chi connectivity index (χ0n) is 12.6. The number of aromatic nitrogens is 2. The average molecular weight is 282 g/mol. The summed E-state index contributed by atoms with van der Waals surface area (Å²) in [6.45, 7) is 12.1. The Morgan fingerprint density at radius 1 is 1.26 bits per heavy atom. The third kappa shape index (κ3) is 2.86. The fraction of sp³-hybridized carbons (Fsp3) is 0.733. The zero-order chi connectivity index (χ0) is 14.2. The van der Waals surface area contributed by atoms with Crippen LogP contribution >= 0.6 is 11.6 Å². The van der Waals surface area contributed by atoms with Crippen LogP contribution in [0.3, 0.4) is 0 Å². The molecule has 3 unspecified atom stereocenters. The molecule has 1 aromatic heterocycles. The van der Waals surface area contributed by atoms with Crippen molar-refractivity contribution in [3.8, 4) is 0 Å². The molecule has 19 heavy (non-hydrogen) atoms. The Hall–Kier alpha value is -0.830. The number of halogens is 1. The molecule has 1 fully saturated rings. The molecule has 0 bridgehead atoms. The van der Waals surface area contributed by atoms with Crippen molar-refractivity contribution < 1.29 is 0 Å². The SMILES string of the molecule is CCc1nc(Cl)c(C)c(N2CC(C)CC(C)C2C)n1. The zero-order valence-corrected chi connectivity index (χ0v) is 13.3. The molecule has 3 nitrogen and oxygen atoms in total. The van der Waals surface area contributed by atoms with Gasteiger partial charge in [0.05, 0.1) is 0 Å². The van der Waals surface area contributed by atoms with Crippen LogP contribution in [0.25, 0.3) is 0 Å². The van der Waals surface area contributed by atoms with Gasteiger partial charge < -0.3 is 4.90 Å². The Morgan fingerprint density at radius 2 is 1.95 bits per heavy atom. The van der Waals surface area contributed by atoms with E-state index < -0.39 is 0 Å². The number of hydrogen-bond acceptors (Lipinski definition) is 3. The van der Waals surface area contributed by atoms with Gasteiger partial charge in [0.25, 0.3) is 0 Å². The highest BCUT2D eigenvalue weighted by atomic mass is 35.5. The van der Waals surface area contributed by atoms with Gasteiger partial charge in [-0.3, -0.25) is 0 Å². The molecule has 1 aliphatic heterocycles. The molecular formula is C15H24ClN3. The van der Waals surface area contributed by atoms with E-state index in [2.05, 4.69) is 37.6 Å². The van der Waals surface area contributed by atoms with Crippen LogP contribution in [0, 0.1) is 18.8 Å². The van der Waals surface area contributed by atoms with Gasteiger partial charge >= 0.3 is 0 Å². The number of anilines is 1. The summed E-state index contributed by atoms with van der Waals surface area (Å²) in [5, 5.41) is 0.597. The summed E-state index contributed by atoms with van der Waals surface area (Å²) in [7, 11) is 0. The summed E-state index contributed by atoms with van der Waals surface area (Å²) in [5.74, 6) is 3.25. The second-order valence-corrected chi connectivity index (χ2v) is 6.30. The van der Waals surface area contributed by atoms with Gasteiger partial charge in [0.1, 0.15) is 16.8 Å².